The van der Waals surface area contributed by atoms with Gasteiger partial charge in [-0.25, -0.2) is 0 Å². The van der Waals surface area contributed by atoms with Gasteiger partial charge in [0, 0.05) is 6.54 Å². The molecule has 1 aliphatic rings. The van der Waals surface area contributed by atoms with Crippen LogP contribution in [0.3, 0.4) is 0 Å². The van der Waals surface area contributed by atoms with Gasteiger partial charge in [0.2, 0.25) is 5.91 Å². The van der Waals surface area contributed by atoms with Crippen LogP contribution in [0.2, 0.25) is 0 Å². The lowest BCUT2D eigenvalue weighted by atomic mass is 9.95. The number of hydroxylamine groups is 1. The molecule has 1 aromatic rings. The van der Waals surface area contributed by atoms with Crippen LogP contribution < -0.4 is 15.6 Å². The highest BCUT2D eigenvalue weighted by molar-refractivity contribution is 7.98. The van der Waals surface area contributed by atoms with Gasteiger partial charge >= 0.3 is 0 Å². The molecule has 6 nitrogen and oxygen atoms in total. The Morgan fingerprint density at radius 1 is 1.50 bits per heavy atom. The molecule has 0 spiro atoms. The van der Waals surface area contributed by atoms with Crippen LogP contribution in [0.5, 0.6) is 5.75 Å². The Hall–Kier alpha value is -1.73. The topological polar surface area (TPSA) is 87.7 Å². The van der Waals surface area contributed by atoms with E-state index in [1.54, 1.807) is 12.1 Å². The third kappa shape index (κ3) is 3.23. The van der Waals surface area contributed by atoms with Crippen molar-refractivity contribution >= 4 is 23.6 Å². The molecule has 108 valence electrons. The molecule has 2 unspecified atom stereocenters. The van der Waals surface area contributed by atoms with Crippen LogP contribution in [0, 0.1) is 5.92 Å². The number of rotatable bonds is 4. The van der Waals surface area contributed by atoms with Crippen molar-refractivity contribution < 1.29 is 19.5 Å². The molecule has 0 aliphatic carbocycles. The summed E-state index contributed by atoms with van der Waals surface area (Å²) in [5.41, 5.74) is 2.23. The van der Waals surface area contributed by atoms with Crippen molar-refractivity contribution in [3.63, 3.8) is 0 Å². The van der Waals surface area contributed by atoms with E-state index >= 15 is 0 Å². The smallest absolute Gasteiger partial charge is 0.267 e. The highest BCUT2D eigenvalue weighted by Gasteiger charge is 2.37. The minimum Gasteiger partial charge on any atom is -0.392 e. The Labute approximate surface area is 120 Å². The molecule has 1 fully saturated rings. The molecule has 0 radical (unpaired) electrons. The molecule has 0 saturated carbocycles. The molecule has 20 heavy (non-hydrogen) atoms. The first kappa shape index (κ1) is 14.7. The number of para-hydroxylation sites is 1. The monoisotopic (exact) mass is 296 g/mol. The zero-order chi connectivity index (χ0) is 14.5. The number of hydrogen-bond donors (Lipinski definition) is 3. The first-order valence-corrected chi connectivity index (χ1v) is 7.41. The third-order valence-corrected chi connectivity index (χ3v) is 3.80. The molecule has 2 amide bonds. The van der Waals surface area contributed by atoms with Gasteiger partial charge in [0.25, 0.3) is 5.91 Å². The number of carbonyl (C=O) groups is 2. The van der Waals surface area contributed by atoms with Gasteiger partial charge in [0.1, 0.15) is 5.92 Å². The summed E-state index contributed by atoms with van der Waals surface area (Å²) in [4.78, 5) is 29.6. The average molecular weight is 296 g/mol. The number of piperidine rings is 1. The van der Waals surface area contributed by atoms with E-state index < -0.39 is 23.8 Å². The summed E-state index contributed by atoms with van der Waals surface area (Å²) in [5.74, 6) is -1.77. The molecule has 0 aromatic heterocycles. The Bertz CT molecular complexity index is 509. The summed E-state index contributed by atoms with van der Waals surface area (Å²) in [6, 6.07) is 7.21. The Kier molecular flexibility index (Phi) is 4.86. The largest absolute Gasteiger partial charge is 0.392 e. The minimum absolute atomic E-state index is 0.352. The molecule has 1 aromatic carbocycles. The van der Waals surface area contributed by atoms with E-state index in [-0.39, 0.29) is 0 Å². The zero-order valence-electron chi connectivity index (χ0n) is 11.0. The summed E-state index contributed by atoms with van der Waals surface area (Å²) in [6.45, 7) is 0.375. The maximum Gasteiger partial charge on any atom is 0.267 e. The van der Waals surface area contributed by atoms with Crippen molar-refractivity contribution in [1.82, 2.24) is 10.8 Å². The van der Waals surface area contributed by atoms with Gasteiger partial charge in [-0.3, -0.25) is 9.59 Å². The van der Waals surface area contributed by atoms with Crippen molar-refractivity contribution in [2.24, 2.45) is 5.92 Å². The average Bonchev–Trinajstić information content (AvgIpc) is 2.45. The fourth-order valence-corrected chi connectivity index (χ4v) is 2.49. The van der Waals surface area contributed by atoms with Gasteiger partial charge < -0.3 is 15.3 Å². The summed E-state index contributed by atoms with van der Waals surface area (Å²) in [7, 11) is 0. The Balaban J connectivity index is 1.99. The first-order valence-electron chi connectivity index (χ1n) is 6.19. The third-order valence-electron chi connectivity index (χ3n) is 3.02. The SMILES string of the molecule is CSc1ccccc1ONC(=O)C1C(=O)NCCC1O. The van der Waals surface area contributed by atoms with Crippen LogP contribution in [0.25, 0.3) is 0 Å². The summed E-state index contributed by atoms with van der Waals surface area (Å²) < 4.78 is 0. The van der Waals surface area contributed by atoms with Crippen molar-refractivity contribution in [2.75, 3.05) is 12.8 Å². The van der Waals surface area contributed by atoms with E-state index in [1.165, 1.54) is 11.8 Å². The van der Waals surface area contributed by atoms with Gasteiger partial charge in [-0.15, -0.1) is 11.8 Å². The van der Waals surface area contributed by atoms with Crippen molar-refractivity contribution in [2.45, 2.75) is 17.4 Å². The molecule has 1 aliphatic heterocycles. The molecule has 1 saturated heterocycles. The second-order valence-electron chi connectivity index (χ2n) is 4.34. The van der Waals surface area contributed by atoms with E-state index in [4.69, 9.17) is 4.84 Å². The lowest BCUT2D eigenvalue weighted by Gasteiger charge is -2.26. The van der Waals surface area contributed by atoms with Crippen molar-refractivity contribution in [3.05, 3.63) is 24.3 Å². The van der Waals surface area contributed by atoms with Gasteiger partial charge in [0.05, 0.1) is 11.0 Å². The summed E-state index contributed by atoms with van der Waals surface area (Å²) in [6.07, 6.45) is 1.26. The maximum absolute atomic E-state index is 11.9. The van der Waals surface area contributed by atoms with E-state index in [9.17, 15) is 14.7 Å². The van der Waals surface area contributed by atoms with Crippen molar-refractivity contribution in [3.8, 4) is 5.75 Å². The van der Waals surface area contributed by atoms with E-state index in [1.807, 2.05) is 18.4 Å². The molecular weight excluding hydrogens is 280 g/mol. The Morgan fingerprint density at radius 3 is 2.95 bits per heavy atom. The van der Waals surface area contributed by atoms with Crippen LogP contribution in [0.15, 0.2) is 29.2 Å². The van der Waals surface area contributed by atoms with Gasteiger partial charge in [-0.1, -0.05) is 12.1 Å². The number of carbonyl (C=O) groups excluding carboxylic acids is 2. The van der Waals surface area contributed by atoms with Gasteiger partial charge in [-0.05, 0) is 24.8 Å². The van der Waals surface area contributed by atoms with E-state index in [0.717, 1.165) is 4.90 Å². The summed E-state index contributed by atoms with van der Waals surface area (Å²) in [5, 5.41) is 12.3. The van der Waals surface area contributed by atoms with Crippen LogP contribution in [0.1, 0.15) is 6.42 Å². The molecule has 7 heteroatoms. The number of hydrogen-bond acceptors (Lipinski definition) is 5. The number of benzene rings is 1. The van der Waals surface area contributed by atoms with Gasteiger partial charge in [0.15, 0.2) is 5.75 Å². The van der Waals surface area contributed by atoms with E-state index in [0.29, 0.717) is 18.7 Å². The number of amides is 2. The fourth-order valence-electron chi connectivity index (χ4n) is 1.96. The second kappa shape index (κ2) is 6.62. The maximum atomic E-state index is 11.9. The molecule has 0 bridgehead atoms. The number of aliphatic hydroxyl groups is 1. The van der Waals surface area contributed by atoms with Crippen LogP contribution in [-0.4, -0.2) is 35.8 Å². The van der Waals surface area contributed by atoms with Crippen molar-refractivity contribution in [1.29, 1.82) is 0 Å². The molecular formula is C13H16N2O4S. The number of aliphatic hydroxyl groups excluding tert-OH is 1. The zero-order valence-corrected chi connectivity index (χ0v) is 11.8. The van der Waals surface area contributed by atoms with Crippen LogP contribution in [-0.2, 0) is 9.59 Å². The molecule has 2 atom stereocenters. The predicted molar refractivity (Wildman–Crippen MR) is 74.1 cm³/mol. The normalized spacial score (nSPS) is 22.0. The highest BCUT2D eigenvalue weighted by Crippen LogP contribution is 2.26. The van der Waals surface area contributed by atoms with Crippen LogP contribution in [0.4, 0.5) is 0 Å². The number of thioether (sulfide) groups is 1. The first-order chi connectivity index (χ1) is 9.63. The second-order valence-corrected chi connectivity index (χ2v) is 5.19. The lowest BCUT2D eigenvalue weighted by molar-refractivity contribution is -0.146. The molecule has 2 rings (SSSR count). The highest BCUT2D eigenvalue weighted by atomic mass is 32.2. The van der Waals surface area contributed by atoms with Gasteiger partial charge in [-0.2, -0.15) is 5.48 Å². The molecule has 1 heterocycles. The van der Waals surface area contributed by atoms with E-state index in [2.05, 4.69) is 10.8 Å². The number of nitrogens with one attached hydrogen (secondary N) is 2. The standard InChI is InChI=1S/C13H16N2O4S/c1-20-10-5-3-2-4-9(10)19-15-13(18)11-8(16)6-7-14-12(11)17/h2-5,8,11,16H,6-7H2,1H3,(H,14,17)(H,15,18). The fraction of sp³-hybridized carbons (Fsp3) is 0.385. The predicted octanol–water partition coefficient (Wildman–Crippen LogP) is 0.316. The summed E-state index contributed by atoms with van der Waals surface area (Å²) >= 11 is 1.48. The quantitative estimate of drug-likeness (QED) is 0.423. The lowest BCUT2D eigenvalue weighted by Crippen LogP contribution is -2.52. The minimum atomic E-state index is -1.13. The Morgan fingerprint density at radius 2 is 2.25 bits per heavy atom. The van der Waals surface area contributed by atoms with Crippen LogP contribution >= 0.6 is 11.8 Å². The molecule has 3 N–H and O–H groups in total.